The number of nitrogens with zero attached hydrogens (tertiary/aromatic N) is 1. The number of carbonyl (C=O) groups excluding carboxylic acids is 3. The largest absolute Gasteiger partial charge is 0.451 e. The minimum absolute atomic E-state index is 0.0311. The molecule has 0 fully saturated rings. The summed E-state index contributed by atoms with van der Waals surface area (Å²) < 4.78 is 10.4. The van der Waals surface area contributed by atoms with Gasteiger partial charge < -0.3 is 19.8 Å². The number of benzene rings is 1. The lowest BCUT2D eigenvalue weighted by Crippen LogP contribution is -2.35. The number of para-hydroxylation sites is 1. The number of hydrogen-bond acceptors (Lipinski definition) is 6. The molecule has 0 aliphatic heterocycles. The SMILES string of the molecule is C[C@H](OC(=O)CNC(=O)c1ccc(Br)o1)C(=O)Nc1ccccc1C#N. The summed E-state index contributed by atoms with van der Waals surface area (Å²) in [6.45, 7) is 0.956. The first kappa shape index (κ1) is 19.2. The fraction of sp³-hybridized carbons (Fsp3) is 0.176. The van der Waals surface area contributed by atoms with E-state index < -0.39 is 30.4 Å². The van der Waals surface area contributed by atoms with Crippen molar-refractivity contribution >= 4 is 39.4 Å². The lowest BCUT2D eigenvalue weighted by atomic mass is 10.2. The van der Waals surface area contributed by atoms with Gasteiger partial charge >= 0.3 is 5.97 Å². The monoisotopic (exact) mass is 419 g/mol. The molecule has 0 saturated carbocycles. The van der Waals surface area contributed by atoms with Gasteiger partial charge in [0.15, 0.2) is 16.5 Å². The molecule has 1 aromatic carbocycles. The van der Waals surface area contributed by atoms with Gasteiger partial charge in [0.25, 0.3) is 11.8 Å². The van der Waals surface area contributed by atoms with Crippen LogP contribution in [-0.2, 0) is 14.3 Å². The Labute approximate surface area is 157 Å². The number of amides is 2. The van der Waals surface area contributed by atoms with Gasteiger partial charge in [0.2, 0.25) is 0 Å². The Morgan fingerprint density at radius 3 is 2.65 bits per heavy atom. The number of nitriles is 1. The summed E-state index contributed by atoms with van der Waals surface area (Å²) in [6.07, 6.45) is -1.11. The normalized spacial score (nSPS) is 11.1. The highest BCUT2D eigenvalue weighted by Crippen LogP contribution is 2.15. The smallest absolute Gasteiger partial charge is 0.326 e. The van der Waals surface area contributed by atoms with Crippen LogP contribution in [0.2, 0.25) is 0 Å². The maximum absolute atomic E-state index is 12.1. The molecule has 0 aliphatic rings. The molecule has 0 bridgehead atoms. The average molecular weight is 420 g/mol. The first-order valence-electron chi connectivity index (χ1n) is 7.43. The standard InChI is InChI=1S/C17H14BrN3O5/c1-10(16(23)21-12-5-3-2-4-11(12)8-19)25-15(22)9-20-17(24)13-6-7-14(18)26-13/h2-7,10H,9H2,1H3,(H,20,24)(H,21,23)/t10-/m0/s1. The number of halogens is 1. The first-order chi connectivity index (χ1) is 12.4. The molecular weight excluding hydrogens is 406 g/mol. The van der Waals surface area contributed by atoms with Crippen molar-refractivity contribution < 1.29 is 23.5 Å². The molecule has 2 N–H and O–H groups in total. The van der Waals surface area contributed by atoms with Crippen LogP contribution < -0.4 is 10.6 Å². The number of hydrogen-bond donors (Lipinski definition) is 2. The predicted octanol–water partition coefficient (Wildman–Crippen LogP) is 2.21. The predicted molar refractivity (Wildman–Crippen MR) is 94.1 cm³/mol. The third-order valence-electron chi connectivity index (χ3n) is 3.17. The number of anilines is 1. The second-order valence-electron chi connectivity index (χ2n) is 5.07. The van der Waals surface area contributed by atoms with Gasteiger partial charge in [-0.2, -0.15) is 5.26 Å². The Kier molecular flexibility index (Phi) is 6.52. The van der Waals surface area contributed by atoms with E-state index in [1.807, 2.05) is 6.07 Å². The van der Waals surface area contributed by atoms with Crippen molar-refractivity contribution in [3.63, 3.8) is 0 Å². The molecule has 0 saturated heterocycles. The molecule has 0 unspecified atom stereocenters. The van der Waals surface area contributed by atoms with Gasteiger partial charge in [0, 0.05) is 0 Å². The summed E-state index contributed by atoms with van der Waals surface area (Å²) in [5.74, 6) is -1.95. The van der Waals surface area contributed by atoms with Crippen molar-refractivity contribution in [1.29, 1.82) is 5.26 Å². The van der Waals surface area contributed by atoms with E-state index in [1.54, 1.807) is 30.3 Å². The Balaban J connectivity index is 1.83. The van der Waals surface area contributed by atoms with Crippen LogP contribution in [0.5, 0.6) is 0 Å². The van der Waals surface area contributed by atoms with Crippen LogP contribution >= 0.6 is 15.9 Å². The Bertz CT molecular complexity index is 871. The summed E-state index contributed by atoms with van der Waals surface area (Å²) in [7, 11) is 0. The van der Waals surface area contributed by atoms with E-state index in [2.05, 4.69) is 26.6 Å². The Hall–Kier alpha value is -3.12. The fourth-order valence-electron chi connectivity index (χ4n) is 1.89. The Morgan fingerprint density at radius 1 is 1.27 bits per heavy atom. The highest BCUT2D eigenvalue weighted by molar-refractivity contribution is 9.10. The van der Waals surface area contributed by atoms with Crippen molar-refractivity contribution in [3.8, 4) is 6.07 Å². The number of ether oxygens (including phenoxy) is 1. The zero-order valence-corrected chi connectivity index (χ0v) is 15.2. The van der Waals surface area contributed by atoms with E-state index in [4.69, 9.17) is 14.4 Å². The van der Waals surface area contributed by atoms with Crippen LogP contribution in [0.3, 0.4) is 0 Å². The fourth-order valence-corrected chi connectivity index (χ4v) is 2.20. The van der Waals surface area contributed by atoms with Gasteiger partial charge in [-0.05, 0) is 47.1 Å². The Morgan fingerprint density at radius 2 is 2.00 bits per heavy atom. The van der Waals surface area contributed by atoms with Gasteiger partial charge in [-0.25, -0.2) is 0 Å². The lowest BCUT2D eigenvalue weighted by molar-refractivity contribution is -0.152. The van der Waals surface area contributed by atoms with Crippen molar-refractivity contribution in [2.24, 2.45) is 0 Å². The number of nitrogens with one attached hydrogen (secondary N) is 2. The molecule has 0 spiro atoms. The van der Waals surface area contributed by atoms with Gasteiger partial charge in [-0.1, -0.05) is 12.1 Å². The third kappa shape index (κ3) is 5.19. The van der Waals surface area contributed by atoms with Crippen LogP contribution in [0.1, 0.15) is 23.0 Å². The van der Waals surface area contributed by atoms with E-state index >= 15 is 0 Å². The minimum Gasteiger partial charge on any atom is -0.451 e. The summed E-state index contributed by atoms with van der Waals surface area (Å²) in [5, 5.41) is 13.8. The van der Waals surface area contributed by atoms with Gasteiger partial charge in [0.05, 0.1) is 11.3 Å². The molecule has 2 aromatic rings. The lowest BCUT2D eigenvalue weighted by Gasteiger charge is -2.14. The topological polar surface area (TPSA) is 121 Å². The quantitative estimate of drug-likeness (QED) is 0.692. The molecule has 2 amide bonds. The maximum atomic E-state index is 12.1. The molecule has 9 heteroatoms. The summed E-state index contributed by atoms with van der Waals surface area (Å²) in [5.41, 5.74) is 0.607. The minimum atomic E-state index is -1.11. The second kappa shape index (κ2) is 8.82. The van der Waals surface area contributed by atoms with Crippen LogP contribution in [0.4, 0.5) is 5.69 Å². The zero-order valence-electron chi connectivity index (χ0n) is 13.6. The highest BCUT2D eigenvalue weighted by atomic mass is 79.9. The van der Waals surface area contributed by atoms with Gasteiger partial charge in [-0.15, -0.1) is 0 Å². The molecule has 8 nitrogen and oxygen atoms in total. The van der Waals surface area contributed by atoms with Gasteiger partial charge in [0.1, 0.15) is 12.6 Å². The van der Waals surface area contributed by atoms with Crippen molar-refractivity contribution in [2.75, 3.05) is 11.9 Å². The van der Waals surface area contributed by atoms with Crippen molar-refractivity contribution in [3.05, 3.63) is 52.4 Å². The summed E-state index contributed by atoms with van der Waals surface area (Å²) in [4.78, 5) is 35.6. The van der Waals surface area contributed by atoms with E-state index in [0.717, 1.165) is 0 Å². The average Bonchev–Trinajstić information content (AvgIpc) is 3.06. The highest BCUT2D eigenvalue weighted by Gasteiger charge is 2.20. The van der Waals surface area contributed by atoms with Crippen LogP contribution in [0.25, 0.3) is 0 Å². The van der Waals surface area contributed by atoms with E-state index in [1.165, 1.54) is 13.0 Å². The number of carbonyl (C=O) groups is 3. The molecule has 1 aromatic heterocycles. The van der Waals surface area contributed by atoms with Crippen LogP contribution in [0.15, 0.2) is 45.5 Å². The number of furan rings is 1. The van der Waals surface area contributed by atoms with Crippen LogP contribution in [0, 0.1) is 11.3 Å². The summed E-state index contributed by atoms with van der Waals surface area (Å²) >= 11 is 3.06. The molecular formula is C17H14BrN3O5. The molecule has 1 atom stereocenters. The molecule has 0 radical (unpaired) electrons. The van der Waals surface area contributed by atoms with Crippen LogP contribution in [-0.4, -0.2) is 30.4 Å². The number of rotatable bonds is 6. The summed E-state index contributed by atoms with van der Waals surface area (Å²) in [6, 6.07) is 11.4. The molecule has 134 valence electrons. The third-order valence-corrected chi connectivity index (χ3v) is 3.60. The van der Waals surface area contributed by atoms with E-state index in [9.17, 15) is 14.4 Å². The maximum Gasteiger partial charge on any atom is 0.326 e. The zero-order chi connectivity index (χ0) is 19.1. The molecule has 0 aliphatic carbocycles. The molecule has 2 rings (SSSR count). The molecule has 26 heavy (non-hydrogen) atoms. The number of esters is 1. The van der Waals surface area contributed by atoms with E-state index in [-0.39, 0.29) is 11.3 Å². The van der Waals surface area contributed by atoms with Crippen molar-refractivity contribution in [2.45, 2.75) is 13.0 Å². The van der Waals surface area contributed by atoms with E-state index in [0.29, 0.717) is 10.4 Å². The molecule has 1 heterocycles. The van der Waals surface area contributed by atoms with Crippen molar-refractivity contribution in [1.82, 2.24) is 5.32 Å². The first-order valence-corrected chi connectivity index (χ1v) is 8.23. The van der Waals surface area contributed by atoms with Gasteiger partial charge in [-0.3, -0.25) is 14.4 Å². The second-order valence-corrected chi connectivity index (χ2v) is 5.85.